The normalized spacial score (nSPS) is 19.9. The van der Waals surface area contributed by atoms with Gasteiger partial charge in [0.1, 0.15) is 0 Å². The van der Waals surface area contributed by atoms with Gasteiger partial charge in [0.2, 0.25) is 6.29 Å². The van der Waals surface area contributed by atoms with E-state index in [2.05, 4.69) is 84.3 Å². The Hall–Kier alpha value is -2.92. The first kappa shape index (κ1) is 24.8. The van der Waals surface area contributed by atoms with Crippen LogP contribution < -0.4 is 0 Å². The van der Waals surface area contributed by atoms with Crippen molar-refractivity contribution in [3.05, 3.63) is 102 Å². The molecule has 0 amide bonds. The third-order valence-corrected chi connectivity index (χ3v) is 7.08. The molecule has 4 nitrogen and oxygen atoms in total. The number of hydrogen-bond acceptors (Lipinski definition) is 3. The second-order valence-corrected chi connectivity index (χ2v) is 10.3. The van der Waals surface area contributed by atoms with Gasteiger partial charge in [0.25, 0.3) is 0 Å². The Kier molecular flexibility index (Phi) is 7.86. The molecule has 1 aliphatic heterocycles. The fourth-order valence-corrected chi connectivity index (χ4v) is 5.03. The Morgan fingerprint density at radius 2 is 1.42 bits per heavy atom. The summed E-state index contributed by atoms with van der Waals surface area (Å²) in [6.07, 6.45) is 2.61. The van der Waals surface area contributed by atoms with Crippen molar-refractivity contribution in [3.63, 3.8) is 0 Å². The van der Waals surface area contributed by atoms with Crippen LogP contribution in [0, 0.1) is 5.41 Å². The number of rotatable bonds is 9. The van der Waals surface area contributed by atoms with Gasteiger partial charge in [-0.25, -0.2) is 4.98 Å². The molecule has 0 atom stereocenters. The van der Waals surface area contributed by atoms with Crippen LogP contribution in [0.25, 0.3) is 22.5 Å². The van der Waals surface area contributed by atoms with Gasteiger partial charge in [-0.1, -0.05) is 104 Å². The minimum absolute atomic E-state index is 0.00999. The SMILES string of the molecule is CC1(CCCCCl)COC(c2nc(-c3ccccc3)c(-c3ccccc3)n2Cc2ccccc2)OC1. The second-order valence-electron chi connectivity index (χ2n) is 9.88. The molecule has 0 radical (unpaired) electrons. The van der Waals surface area contributed by atoms with E-state index in [1.165, 1.54) is 5.56 Å². The van der Waals surface area contributed by atoms with Crippen molar-refractivity contribution in [2.45, 2.75) is 39.0 Å². The molecule has 0 spiro atoms. The summed E-state index contributed by atoms with van der Waals surface area (Å²) < 4.78 is 15.1. The minimum atomic E-state index is -0.519. The molecule has 5 rings (SSSR count). The molecule has 0 unspecified atom stereocenters. The first-order chi connectivity index (χ1) is 17.7. The summed E-state index contributed by atoms with van der Waals surface area (Å²) in [5, 5.41) is 0. The standard InChI is InChI=1S/C31H33ClN2O2/c1-31(19-11-12-20-32)22-35-30(36-23-31)29-33-27(25-15-7-3-8-16-25)28(26-17-9-4-10-18-26)34(29)21-24-13-5-2-6-14-24/h2-10,13-18,30H,11-12,19-23H2,1H3. The summed E-state index contributed by atoms with van der Waals surface area (Å²) in [6.45, 7) is 4.19. The average molecular weight is 501 g/mol. The largest absolute Gasteiger partial charge is 0.345 e. The van der Waals surface area contributed by atoms with Gasteiger partial charge in [-0.2, -0.15) is 0 Å². The Labute approximate surface area is 218 Å². The number of imidazole rings is 1. The molecule has 1 aromatic heterocycles. The van der Waals surface area contributed by atoms with E-state index in [1.54, 1.807) is 0 Å². The lowest BCUT2D eigenvalue weighted by molar-refractivity contribution is -0.236. The monoisotopic (exact) mass is 500 g/mol. The van der Waals surface area contributed by atoms with E-state index < -0.39 is 6.29 Å². The summed E-state index contributed by atoms with van der Waals surface area (Å²) >= 11 is 5.90. The zero-order valence-corrected chi connectivity index (χ0v) is 21.5. The molecule has 3 aromatic carbocycles. The number of alkyl halides is 1. The molecule has 2 heterocycles. The molecule has 36 heavy (non-hydrogen) atoms. The Bertz CT molecular complexity index is 1230. The van der Waals surface area contributed by atoms with Crippen molar-refractivity contribution in [1.29, 1.82) is 0 Å². The lowest BCUT2D eigenvalue weighted by Gasteiger charge is -2.37. The smallest absolute Gasteiger partial charge is 0.217 e. The maximum atomic E-state index is 6.39. The summed E-state index contributed by atoms with van der Waals surface area (Å²) in [5.41, 5.74) is 5.40. The highest BCUT2D eigenvalue weighted by Gasteiger charge is 2.36. The predicted octanol–water partition coefficient (Wildman–Crippen LogP) is 7.73. The number of aromatic nitrogens is 2. The summed E-state index contributed by atoms with van der Waals surface area (Å²) in [6, 6.07) is 31.3. The number of nitrogens with zero attached hydrogens (tertiary/aromatic N) is 2. The third-order valence-electron chi connectivity index (χ3n) is 6.82. The number of benzene rings is 3. The average Bonchev–Trinajstić information content (AvgIpc) is 3.30. The van der Waals surface area contributed by atoms with E-state index in [4.69, 9.17) is 26.1 Å². The molecule has 0 bridgehead atoms. The highest BCUT2D eigenvalue weighted by molar-refractivity contribution is 6.17. The van der Waals surface area contributed by atoms with Crippen LogP contribution >= 0.6 is 11.6 Å². The second kappa shape index (κ2) is 11.4. The fourth-order valence-electron chi connectivity index (χ4n) is 4.85. The van der Waals surface area contributed by atoms with Gasteiger partial charge in [-0.15, -0.1) is 11.6 Å². The fraction of sp³-hybridized carbons (Fsp3) is 0.323. The van der Waals surface area contributed by atoms with Crippen LogP contribution in [0.15, 0.2) is 91.0 Å². The van der Waals surface area contributed by atoms with E-state index in [9.17, 15) is 0 Å². The number of hydrogen-bond donors (Lipinski definition) is 0. The van der Waals surface area contributed by atoms with Crippen LogP contribution in [-0.2, 0) is 16.0 Å². The van der Waals surface area contributed by atoms with Gasteiger partial charge in [-0.05, 0) is 18.4 Å². The van der Waals surface area contributed by atoms with E-state index >= 15 is 0 Å². The van der Waals surface area contributed by atoms with Crippen LogP contribution in [0.3, 0.4) is 0 Å². The van der Waals surface area contributed by atoms with Crippen LogP contribution in [0.1, 0.15) is 43.9 Å². The van der Waals surface area contributed by atoms with E-state index in [0.29, 0.717) is 25.6 Å². The summed E-state index contributed by atoms with van der Waals surface area (Å²) in [4.78, 5) is 5.20. The van der Waals surface area contributed by atoms with Crippen LogP contribution in [-0.4, -0.2) is 28.6 Å². The highest BCUT2D eigenvalue weighted by atomic mass is 35.5. The first-order valence-electron chi connectivity index (χ1n) is 12.7. The first-order valence-corrected chi connectivity index (χ1v) is 13.2. The zero-order valence-electron chi connectivity index (χ0n) is 20.8. The Morgan fingerprint density at radius 3 is 2.03 bits per heavy atom. The van der Waals surface area contributed by atoms with Gasteiger partial charge in [-0.3, -0.25) is 0 Å². The minimum Gasteiger partial charge on any atom is -0.345 e. The third kappa shape index (κ3) is 5.57. The molecule has 1 fully saturated rings. The van der Waals surface area contributed by atoms with Gasteiger partial charge in [0, 0.05) is 29.0 Å². The number of ether oxygens (including phenoxy) is 2. The van der Waals surface area contributed by atoms with E-state index in [0.717, 1.165) is 47.6 Å². The summed E-state index contributed by atoms with van der Waals surface area (Å²) in [5.74, 6) is 1.50. The molecule has 4 aromatic rings. The quantitative estimate of drug-likeness (QED) is 0.174. The van der Waals surface area contributed by atoms with Gasteiger partial charge in [0.05, 0.1) is 24.6 Å². The van der Waals surface area contributed by atoms with Crippen LogP contribution in [0.4, 0.5) is 0 Å². The van der Waals surface area contributed by atoms with Gasteiger partial charge < -0.3 is 14.0 Å². The highest BCUT2D eigenvalue weighted by Crippen LogP contribution is 2.39. The molecule has 0 aliphatic carbocycles. The molecule has 0 saturated carbocycles. The number of halogens is 1. The maximum Gasteiger partial charge on any atom is 0.217 e. The Balaban J connectivity index is 1.56. The van der Waals surface area contributed by atoms with E-state index in [-0.39, 0.29) is 5.41 Å². The van der Waals surface area contributed by atoms with E-state index in [1.807, 2.05) is 18.2 Å². The van der Waals surface area contributed by atoms with Crippen molar-refractivity contribution in [2.75, 3.05) is 19.1 Å². The molecule has 186 valence electrons. The summed E-state index contributed by atoms with van der Waals surface area (Å²) in [7, 11) is 0. The molecule has 0 N–H and O–H groups in total. The lowest BCUT2D eigenvalue weighted by Crippen LogP contribution is -2.37. The van der Waals surface area contributed by atoms with Crippen molar-refractivity contribution < 1.29 is 9.47 Å². The van der Waals surface area contributed by atoms with Crippen molar-refractivity contribution in [1.82, 2.24) is 9.55 Å². The Morgan fingerprint density at radius 1 is 0.833 bits per heavy atom. The van der Waals surface area contributed by atoms with Gasteiger partial charge >= 0.3 is 0 Å². The topological polar surface area (TPSA) is 36.3 Å². The van der Waals surface area contributed by atoms with Crippen molar-refractivity contribution in [2.24, 2.45) is 5.41 Å². The van der Waals surface area contributed by atoms with Crippen LogP contribution in [0.2, 0.25) is 0 Å². The van der Waals surface area contributed by atoms with Crippen LogP contribution in [0.5, 0.6) is 0 Å². The van der Waals surface area contributed by atoms with Crippen molar-refractivity contribution in [3.8, 4) is 22.5 Å². The van der Waals surface area contributed by atoms with Gasteiger partial charge in [0.15, 0.2) is 5.82 Å². The lowest BCUT2D eigenvalue weighted by atomic mass is 9.86. The number of unbranched alkanes of at least 4 members (excludes halogenated alkanes) is 1. The molecule has 5 heteroatoms. The molecule has 1 saturated heterocycles. The zero-order chi connectivity index (χ0) is 24.8. The predicted molar refractivity (Wildman–Crippen MR) is 146 cm³/mol. The molecule has 1 aliphatic rings. The maximum absolute atomic E-state index is 6.39. The van der Waals surface area contributed by atoms with Crippen molar-refractivity contribution >= 4 is 11.6 Å². The molecular weight excluding hydrogens is 468 g/mol. The molecular formula is C31H33ClN2O2.